The van der Waals surface area contributed by atoms with E-state index in [4.69, 9.17) is 5.73 Å². The van der Waals surface area contributed by atoms with Gasteiger partial charge in [-0.05, 0) is 43.2 Å². The summed E-state index contributed by atoms with van der Waals surface area (Å²) in [6.45, 7) is 0. The van der Waals surface area contributed by atoms with Gasteiger partial charge in [-0.25, -0.2) is 14.4 Å². The Hall–Kier alpha value is -2.13. The molecule has 1 amide bonds. The monoisotopic (exact) mass is 417 g/mol. The Kier molecular flexibility index (Phi) is 5.29. The van der Waals surface area contributed by atoms with Crippen molar-refractivity contribution in [2.24, 2.45) is 16.6 Å². The number of fused-ring (bicyclic) bond motifs is 1. The molecule has 1 fully saturated rings. The van der Waals surface area contributed by atoms with Crippen LogP contribution in [0.25, 0.3) is 0 Å². The normalized spacial score (nSPS) is 23.8. The van der Waals surface area contributed by atoms with Crippen molar-refractivity contribution in [3.8, 4) is 0 Å². The zero-order valence-electron chi connectivity index (χ0n) is 15.3. The molecule has 0 spiro atoms. The average molecular weight is 418 g/mol. The summed E-state index contributed by atoms with van der Waals surface area (Å²) in [4.78, 5) is 25.5. The van der Waals surface area contributed by atoms with Crippen LogP contribution in [0.1, 0.15) is 35.3 Å². The van der Waals surface area contributed by atoms with Crippen LogP contribution in [0.4, 0.5) is 10.1 Å². The Bertz CT molecular complexity index is 936. The molecule has 1 aliphatic carbocycles. The zero-order chi connectivity index (χ0) is 19.7. The highest BCUT2D eigenvalue weighted by Crippen LogP contribution is 2.51. The smallest absolute Gasteiger partial charge is 0.275 e. The topological polar surface area (TPSA) is 93.3 Å². The fourth-order valence-corrected chi connectivity index (χ4v) is 5.29. The van der Waals surface area contributed by atoms with Crippen LogP contribution < -0.4 is 11.1 Å². The van der Waals surface area contributed by atoms with Crippen LogP contribution in [0.5, 0.6) is 0 Å². The van der Waals surface area contributed by atoms with Crippen LogP contribution in [0, 0.1) is 11.7 Å². The number of halogens is 1. The maximum absolute atomic E-state index is 14.8. The lowest BCUT2D eigenvalue weighted by molar-refractivity contribution is 0.102. The van der Waals surface area contributed by atoms with Gasteiger partial charge in [0, 0.05) is 17.0 Å². The van der Waals surface area contributed by atoms with Gasteiger partial charge < -0.3 is 11.1 Å². The number of thioether (sulfide) groups is 2. The number of anilines is 1. The van der Waals surface area contributed by atoms with Crippen molar-refractivity contribution in [2.45, 2.75) is 29.8 Å². The molecular weight excluding hydrogens is 397 g/mol. The molecule has 146 valence electrons. The molecule has 3 N–H and O–H groups in total. The molecular formula is C19H20FN5OS2. The van der Waals surface area contributed by atoms with E-state index >= 15 is 0 Å². The molecule has 0 radical (unpaired) electrons. The van der Waals surface area contributed by atoms with Crippen molar-refractivity contribution in [1.29, 1.82) is 0 Å². The minimum Gasteiger partial charge on any atom is -0.379 e. The number of amides is 1. The molecule has 9 heteroatoms. The Morgan fingerprint density at radius 1 is 1.39 bits per heavy atom. The van der Waals surface area contributed by atoms with E-state index in [0.29, 0.717) is 16.4 Å². The summed E-state index contributed by atoms with van der Waals surface area (Å²) >= 11 is 2.98. The predicted molar refractivity (Wildman–Crippen MR) is 111 cm³/mol. The van der Waals surface area contributed by atoms with E-state index in [0.717, 1.165) is 30.0 Å². The second kappa shape index (κ2) is 7.71. The van der Waals surface area contributed by atoms with Gasteiger partial charge in [-0.15, -0.1) is 11.8 Å². The molecule has 0 bridgehead atoms. The molecule has 2 atom stereocenters. The maximum atomic E-state index is 14.8. The molecule has 4 rings (SSSR count). The molecule has 0 saturated heterocycles. The lowest BCUT2D eigenvalue weighted by Gasteiger charge is -2.36. The van der Waals surface area contributed by atoms with Gasteiger partial charge in [-0.3, -0.25) is 9.79 Å². The fourth-order valence-electron chi connectivity index (χ4n) is 3.93. The highest BCUT2D eigenvalue weighted by molar-refractivity contribution is 8.13. The number of aromatic nitrogens is 2. The van der Waals surface area contributed by atoms with Gasteiger partial charge in [-0.1, -0.05) is 18.2 Å². The first kappa shape index (κ1) is 19.2. The Balaban J connectivity index is 1.64. The summed E-state index contributed by atoms with van der Waals surface area (Å²) in [6, 6.07) is 4.61. The largest absolute Gasteiger partial charge is 0.379 e. The lowest BCUT2D eigenvalue weighted by Crippen LogP contribution is -2.37. The fraction of sp³-hybridized carbons (Fsp3) is 0.368. The third-order valence-electron chi connectivity index (χ3n) is 5.29. The number of carbonyl (C=O) groups is 1. The molecule has 0 unspecified atom stereocenters. The molecule has 2 aromatic rings. The average Bonchev–Trinajstić information content (AvgIpc) is 3.13. The molecule has 6 nitrogen and oxygen atoms in total. The molecule has 2 heterocycles. The molecule has 2 aliphatic rings. The van der Waals surface area contributed by atoms with Crippen LogP contribution in [-0.4, -0.2) is 33.1 Å². The number of aliphatic imine (C=N–C) groups is 1. The zero-order valence-corrected chi connectivity index (χ0v) is 16.9. The van der Waals surface area contributed by atoms with Crippen LogP contribution in [-0.2, 0) is 5.54 Å². The number of hydrogen-bond acceptors (Lipinski definition) is 7. The van der Waals surface area contributed by atoms with Crippen LogP contribution in [0.15, 0.2) is 40.6 Å². The summed E-state index contributed by atoms with van der Waals surface area (Å²) in [7, 11) is 0. The van der Waals surface area contributed by atoms with Crippen molar-refractivity contribution < 1.29 is 9.18 Å². The summed E-state index contributed by atoms with van der Waals surface area (Å²) in [5.74, 6) is 0.371. The van der Waals surface area contributed by atoms with Crippen molar-refractivity contribution in [2.75, 3.05) is 17.3 Å². The van der Waals surface area contributed by atoms with E-state index in [9.17, 15) is 9.18 Å². The van der Waals surface area contributed by atoms with Gasteiger partial charge in [-0.2, -0.15) is 0 Å². The molecule has 1 aliphatic heterocycles. The maximum Gasteiger partial charge on any atom is 0.275 e. The van der Waals surface area contributed by atoms with Crippen molar-refractivity contribution in [1.82, 2.24) is 9.97 Å². The minimum absolute atomic E-state index is 0.205. The first-order valence-corrected chi connectivity index (χ1v) is 11.2. The third kappa shape index (κ3) is 3.48. The van der Waals surface area contributed by atoms with Gasteiger partial charge in [0.1, 0.15) is 16.5 Å². The standard InChI is InChI=1S/C19H20FN5OS2/c1-27-16-9-22-15(8-23-16)17(26)24-12-4-5-14(20)13(7-12)19-6-2-3-11(19)10-28-18(21)25-19/h4-5,7-9,11H,2-3,6,10H2,1H3,(H2,21,25)(H,24,26)/t11-,19-/m0/s1. The third-order valence-corrected chi connectivity index (χ3v) is 6.87. The van der Waals surface area contributed by atoms with Gasteiger partial charge in [0.25, 0.3) is 5.91 Å². The molecule has 1 aromatic carbocycles. The number of rotatable bonds is 4. The molecule has 1 saturated carbocycles. The number of benzene rings is 1. The summed E-state index contributed by atoms with van der Waals surface area (Å²) in [6.07, 6.45) is 7.61. The Labute approximate surface area is 171 Å². The van der Waals surface area contributed by atoms with Gasteiger partial charge in [0.2, 0.25) is 0 Å². The van der Waals surface area contributed by atoms with Crippen molar-refractivity contribution >= 4 is 40.3 Å². The van der Waals surface area contributed by atoms with Crippen LogP contribution in [0.3, 0.4) is 0 Å². The van der Waals surface area contributed by atoms with Crippen LogP contribution >= 0.6 is 23.5 Å². The molecule has 1 aromatic heterocycles. The highest BCUT2D eigenvalue weighted by atomic mass is 32.2. The number of hydrogen-bond donors (Lipinski definition) is 2. The van der Waals surface area contributed by atoms with Gasteiger partial charge in [0.05, 0.1) is 17.9 Å². The van der Waals surface area contributed by atoms with E-state index in [1.54, 1.807) is 18.3 Å². The number of nitrogens with one attached hydrogen (secondary N) is 1. The second-order valence-corrected chi connectivity index (χ2v) is 8.73. The Morgan fingerprint density at radius 3 is 3.00 bits per heavy atom. The number of amidine groups is 1. The lowest BCUT2D eigenvalue weighted by atomic mass is 9.81. The summed E-state index contributed by atoms with van der Waals surface area (Å²) < 4.78 is 14.8. The van der Waals surface area contributed by atoms with Crippen molar-refractivity contribution in [3.05, 3.63) is 47.7 Å². The predicted octanol–water partition coefficient (Wildman–Crippen LogP) is 3.65. The van der Waals surface area contributed by atoms with Gasteiger partial charge in [0.15, 0.2) is 5.17 Å². The second-order valence-electron chi connectivity index (χ2n) is 6.87. The number of carbonyl (C=O) groups excluding carboxylic acids is 1. The SMILES string of the molecule is CSc1cnc(C(=O)Nc2ccc(F)c([C@]34CCC[C@H]3CSC(N)=N4)c2)cn1. The van der Waals surface area contributed by atoms with Crippen LogP contribution in [0.2, 0.25) is 0 Å². The van der Waals surface area contributed by atoms with E-state index in [2.05, 4.69) is 20.3 Å². The molecule has 28 heavy (non-hydrogen) atoms. The first-order valence-electron chi connectivity index (χ1n) is 8.97. The van der Waals surface area contributed by atoms with E-state index in [-0.39, 0.29) is 23.3 Å². The highest BCUT2D eigenvalue weighted by Gasteiger charge is 2.48. The quantitative estimate of drug-likeness (QED) is 0.738. The van der Waals surface area contributed by atoms with Gasteiger partial charge >= 0.3 is 0 Å². The van der Waals surface area contributed by atoms with E-state index < -0.39 is 5.54 Å². The summed E-state index contributed by atoms with van der Waals surface area (Å²) in [5.41, 5.74) is 6.56. The summed E-state index contributed by atoms with van der Waals surface area (Å²) in [5, 5.41) is 4.02. The minimum atomic E-state index is -0.639. The number of nitrogens with zero attached hydrogens (tertiary/aromatic N) is 3. The van der Waals surface area contributed by atoms with E-state index in [1.807, 2.05) is 6.26 Å². The first-order chi connectivity index (χ1) is 13.5. The van der Waals surface area contributed by atoms with E-state index in [1.165, 1.54) is 35.8 Å². The Morgan fingerprint density at radius 2 is 2.25 bits per heavy atom. The van der Waals surface area contributed by atoms with Crippen molar-refractivity contribution in [3.63, 3.8) is 0 Å². The number of nitrogens with two attached hydrogens (primary N) is 1.